The predicted octanol–water partition coefficient (Wildman–Crippen LogP) is 3.46. The second-order valence-corrected chi connectivity index (χ2v) is 7.44. The molecule has 3 aromatic rings. The van der Waals surface area contributed by atoms with E-state index in [4.69, 9.17) is 4.74 Å². The molecule has 0 atom stereocenters. The van der Waals surface area contributed by atoms with Crippen molar-refractivity contribution in [2.75, 3.05) is 25.4 Å². The average Bonchev–Trinajstić information content (AvgIpc) is 3.28. The fraction of sp³-hybridized carbons (Fsp3) is 0.235. The molecule has 2 N–H and O–H groups in total. The van der Waals surface area contributed by atoms with Gasteiger partial charge >= 0.3 is 0 Å². The highest BCUT2D eigenvalue weighted by atomic mass is 79.9. The standard InChI is InChI=1S/C17H16BrN5OS/c18-12-9-14-16(21-10-12)23-15(22-14)11-1-3-13(4-2-11)24-7-5-19-17-20-6-8-25-17/h1-4,9-10H,5-8H2,(H,19,20)(H,21,22,23). The van der Waals surface area contributed by atoms with Gasteiger partial charge in [-0.2, -0.15) is 0 Å². The average molecular weight is 418 g/mol. The number of hydrogen-bond acceptors (Lipinski definition) is 6. The number of imidazole rings is 1. The third-order valence-corrected chi connectivity index (χ3v) is 5.03. The van der Waals surface area contributed by atoms with Crippen LogP contribution in [0.1, 0.15) is 0 Å². The molecule has 6 nitrogen and oxygen atoms in total. The molecular formula is C17H16BrN5OS. The third kappa shape index (κ3) is 3.96. The highest BCUT2D eigenvalue weighted by molar-refractivity contribution is 9.10. The largest absolute Gasteiger partial charge is 0.492 e. The lowest BCUT2D eigenvalue weighted by Crippen LogP contribution is -2.24. The number of benzene rings is 1. The Labute approximate surface area is 157 Å². The van der Waals surface area contributed by atoms with Crippen molar-refractivity contribution in [1.82, 2.24) is 20.3 Å². The number of fused-ring (bicyclic) bond motifs is 1. The molecule has 2 aromatic heterocycles. The molecule has 128 valence electrons. The first-order valence-electron chi connectivity index (χ1n) is 7.93. The van der Waals surface area contributed by atoms with Crippen LogP contribution in [0.3, 0.4) is 0 Å². The van der Waals surface area contributed by atoms with E-state index in [1.165, 1.54) is 0 Å². The van der Waals surface area contributed by atoms with Crippen molar-refractivity contribution in [3.05, 3.63) is 41.0 Å². The van der Waals surface area contributed by atoms with E-state index in [-0.39, 0.29) is 0 Å². The van der Waals surface area contributed by atoms with Gasteiger partial charge in [0.25, 0.3) is 0 Å². The summed E-state index contributed by atoms with van der Waals surface area (Å²) in [6.45, 7) is 2.25. The maximum Gasteiger partial charge on any atom is 0.178 e. The number of H-pyrrole nitrogens is 1. The van der Waals surface area contributed by atoms with E-state index in [1.54, 1.807) is 18.0 Å². The monoisotopic (exact) mass is 417 g/mol. The van der Waals surface area contributed by atoms with Crippen LogP contribution >= 0.6 is 27.7 Å². The van der Waals surface area contributed by atoms with Gasteiger partial charge in [-0.1, -0.05) is 11.8 Å². The summed E-state index contributed by atoms with van der Waals surface area (Å²) in [5.41, 5.74) is 2.61. The van der Waals surface area contributed by atoms with E-state index in [0.29, 0.717) is 12.3 Å². The zero-order valence-electron chi connectivity index (χ0n) is 13.3. The molecule has 4 rings (SSSR count). The lowest BCUT2D eigenvalue weighted by Gasteiger charge is -2.08. The molecule has 0 unspecified atom stereocenters. The van der Waals surface area contributed by atoms with Gasteiger partial charge in [0.05, 0.1) is 18.6 Å². The Morgan fingerprint density at radius 2 is 2.16 bits per heavy atom. The maximum absolute atomic E-state index is 5.76. The quantitative estimate of drug-likeness (QED) is 0.621. The Kier molecular flexibility index (Phi) is 4.89. The molecule has 25 heavy (non-hydrogen) atoms. The first-order valence-corrected chi connectivity index (χ1v) is 9.71. The second kappa shape index (κ2) is 7.45. The van der Waals surface area contributed by atoms with Gasteiger partial charge in [-0.25, -0.2) is 9.97 Å². The normalized spacial score (nSPS) is 13.9. The number of thioether (sulfide) groups is 1. The summed E-state index contributed by atoms with van der Waals surface area (Å²) in [4.78, 5) is 16.4. The number of ether oxygens (including phenoxy) is 1. The molecule has 0 saturated carbocycles. The van der Waals surface area contributed by atoms with E-state index in [2.05, 4.69) is 41.2 Å². The summed E-state index contributed by atoms with van der Waals surface area (Å²) < 4.78 is 6.68. The van der Waals surface area contributed by atoms with Gasteiger partial charge in [0.2, 0.25) is 0 Å². The number of nitrogens with one attached hydrogen (secondary N) is 2. The number of amidine groups is 1. The summed E-state index contributed by atoms with van der Waals surface area (Å²) in [6, 6.07) is 9.86. The van der Waals surface area contributed by atoms with Crippen LogP contribution in [0.2, 0.25) is 0 Å². The molecule has 1 aromatic carbocycles. The van der Waals surface area contributed by atoms with Crippen LogP contribution in [-0.4, -0.2) is 45.6 Å². The number of aliphatic imine (C=N–C) groups is 1. The molecule has 3 heterocycles. The van der Waals surface area contributed by atoms with Crippen molar-refractivity contribution >= 4 is 44.0 Å². The third-order valence-electron chi connectivity index (χ3n) is 3.66. The summed E-state index contributed by atoms with van der Waals surface area (Å²) in [6.07, 6.45) is 1.74. The number of aromatic amines is 1. The van der Waals surface area contributed by atoms with E-state index < -0.39 is 0 Å². The minimum Gasteiger partial charge on any atom is -0.492 e. The maximum atomic E-state index is 5.76. The SMILES string of the molecule is Brc1cnc2nc(-c3ccc(OCCNC4=NCCS4)cc3)[nH]c2c1. The van der Waals surface area contributed by atoms with E-state index in [1.807, 2.05) is 30.3 Å². The molecule has 1 aliphatic heterocycles. The molecule has 0 amide bonds. The predicted molar refractivity (Wildman–Crippen MR) is 105 cm³/mol. The molecule has 0 saturated heterocycles. The first-order chi connectivity index (χ1) is 12.3. The van der Waals surface area contributed by atoms with Crippen LogP contribution in [0.15, 0.2) is 46.0 Å². The highest BCUT2D eigenvalue weighted by Gasteiger charge is 2.08. The lowest BCUT2D eigenvalue weighted by atomic mass is 10.2. The van der Waals surface area contributed by atoms with Crippen molar-refractivity contribution in [2.24, 2.45) is 4.99 Å². The van der Waals surface area contributed by atoms with Crippen molar-refractivity contribution in [3.63, 3.8) is 0 Å². The minimum absolute atomic E-state index is 0.599. The van der Waals surface area contributed by atoms with Gasteiger partial charge < -0.3 is 15.0 Å². The van der Waals surface area contributed by atoms with Crippen LogP contribution in [-0.2, 0) is 0 Å². The molecular weight excluding hydrogens is 402 g/mol. The van der Waals surface area contributed by atoms with Crippen LogP contribution in [0.5, 0.6) is 5.75 Å². The van der Waals surface area contributed by atoms with E-state index in [9.17, 15) is 0 Å². The molecule has 0 fully saturated rings. The summed E-state index contributed by atoms with van der Waals surface area (Å²) >= 11 is 5.17. The van der Waals surface area contributed by atoms with Gasteiger partial charge in [0, 0.05) is 22.0 Å². The number of pyridine rings is 1. The second-order valence-electron chi connectivity index (χ2n) is 5.45. The van der Waals surface area contributed by atoms with Crippen LogP contribution in [0.25, 0.3) is 22.6 Å². The Hall–Kier alpha value is -2.06. The van der Waals surface area contributed by atoms with Gasteiger partial charge in [-0.3, -0.25) is 4.99 Å². The topological polar surface area (TPSA) is 75.2 Å². The summed E-state index contributed by atoms with van der Waals surface area (Å²) in [7, 11) is 0. The Morgan fingerprint density at radius 3 is 2.96 bits per heavy atom. The van der Waals surface area contributed by atoms with Crippen molar-refractivity contribution in [2.45, 2.75) is 0 Å². The Morgan fingerprint density at radius 1 is 1.28 bits per heavy atom. The molecule has 1 aliphatic rings. The van der Waals surface area contributed by atoms with E-state index >= 15 is 0 Å². The number of hydrogen-bond donors (Lipinski definition) is 2. The molecule has 0 radical (unpaired) electrons. The van der Waals surface area contributed by atoms with Crippen molar-refractivity contribution in [3.8, 4) is 17.1 Å². The van der Waals surface area contributed by atoms with Crippen LogP contribution < -0.4 is 10.1 Å². The Bertz CT molecular complexity index is 909. The van der Waals surface area contributed by atoms with Crippen LogP contribution in [0, 0.1) is 0 Å². The van der Waals surface area contributed by atoms with Crippen LogP contribution in [0.4, 0.5) is 0 Å². The molecule has 0 spiro atoms. The van der Waals surface area contributed by atoms with Gasteiger partial charge in [-0.05, 0) is 46.3 Å². The Balaban J connectivity index is 1.37. The number of aromatic nitrogens is 3. The smallest absolute Gasteiger partial charge is 0.178 e. The molecule has 8 heteroatoms. The van der Waals surface area contributed by atoms with Gasteiger partial charge in [-0.15, -0.1) is 0 Å². The van der Waals surface area contributed by atoms with Crippen molar-refractivity contribution in [1.29, 1.82) is 0 Å². The fourth-order valence-electron chi connectivity index (χ4n) is 2.49. The molecule has 0 aliphatic carbocycles. The van der Waals surface area contributed by atoms with Gasteiger partial charge in [0.15, 0.2) is 10.8 Å². The zero-order chi connectivity index (χ0) is 17.1. The number of rotatable bonds is 5. The fourth-order valence-corrected chi connectivity index (χ4v) is 3.58. The molecule has 0 bridgehead atoms. The summed E-state index contributed by atoms with van der Waals surface area (Å²) in [5.74, 6) is 2.70. The minimum atomic E-state index is 0.599. The van der Waals surface area contributed by atoms with E-state index in [0.717, 1.165) is 51.1 Å². The number of nitrogens with zero attached hydrogens (tertiary/aromatic N) is 3. The first kappa shape index (κ1) is 16.4. The van der Waals surface area contributed by atoms with Gasteiger partial charge in [0.1, 0.15) is 18.2 Å². The number of halogens is 1. The lowest BCUT2D eigenvalue weighted by molar-refractivity contribution is 0.323. The summed E-state index contributed by atoms with van der Waals surface area (Å²) in [5, 5.41) is 4.29. The van der Waals surface area contributed by atoms with Crippen molar-refractivity contribution < 1.29 is 4.74 Å². The highest BCUT2D eigenvalue weighted by Crippen LogP contribution is 2.23. The zero-order valence-corrected chi connectivity index (χ0v) is 15.7.